The number of hydrogen-bond donors (Lipinski definition) is 1. The second kappa shape index (κ2) is 6.03. The van der Waals surface area contributed by atoms with Gasteiger partial charge in [-0.2, -0.15) is 4.31 Å². The van der Waals surface area contributed by atoms with Gasteiger partial charge in [-0.15, -0.1) is 0 Å². The van der Waals surface area contributed by atoms with Gasteiger partial charge in [0.05, 0.1) is 4.90 Å². The SMILES string of the molecule is CCNCc1ccc(S(=O)(=O)N(C)C2CCC2)cc1. The standard InChI is InChI=1S/C14H22N2O2S/c1-3-15-11-12-7-9-14(10-8-12)19(17,18)16(2)13-5-4-6-13/h7-10,13,15H,3-6,11H2,1-2H3. The minimum absolute atomic E-state index is 0.187. The van der Waals surface area contributed by atoms with E-state index in [0.29, 0.717) is 4.90 Å². The molecule has 5 heteroatoms. The maximum Gasteiger partial charge on any atom is 0.243 e. The first-order valence-electron chi connectivity index (χ1n) is 6.83. The Morgan fingerprint density at radius 3 is 2.37 bits per heavy atom. The lowest BCUT2D eigenvalue weighted by Crippen LogP contribution is -2.41. The summed E-state index contributed by atoms with van der Waals surface area (Å²) in [6, 6.07) is 7.36. The van der Waals surface area contributed by atoms with E-state index in [0.717, 1.165) is 37.9 Å². The third-order valence-corrected chi connectivity index (χ3v) is 5.69. The maximum atomic E-state index is 12.4. The van der Waals surface area contributed by atoms with Crippen LogP contribution in [0.25, 0.3) is 0 Å². The molecule has 106 valence electrons. The molecule has 0 radical (unpaired) electrons. The average molecular weight is 282 g/mol. The van der Waals surface area contributed by atoms with Crippen LogP contribution in [0.1, 0.15) is 31.7 Å². The van der Waals surface area contributed by atoms with Crippen LogP contribution in [-0.2, 0) is 16.6 Å². The Hall–Kier alpha value is -0.910. The van der Waals surface area contributed by atoms with Crippen molar-refractivity contribution in [2.45, 2.75) is 43.7 Å². The van der Waals surface area contributed by atoms with Crippen LogP contribution >= 0.6 is 0 Å². The molecule has 2 rings (SSSR count). The van der Waals surface area contributed by atoms with Gasteiger partial charge >= 0.3 is 0 Å². The van der Waals surface area contributed by atoms with Crippen molar-refractivity contribution in [1.29, 1.82) is 0 Å². The van der Waals surface area contributed by atoms with Gasteiger partial charge in [0.15, 0.2) is 0 Å². The van der Waals surface area contributed by atoms with Crippen LogP contribution in [0.3, 0.4) is 0 Å². The summed E-state index contributed by atoms with van der Waals surface area (Å²) in [4.78, 5) is 0.391. The molecule has 0 amide bonds. The molecule has 0 atom stereocenters. The van der Waals surface area contributed by atoms with Crippen LogP contribution in [-0.4, -0.2) is 32.4 Å². The summed E-state index contributed by atoms with van der Waals surface area (Å²) in [6.07, 6.45) is 3.09. The molecule has 0 aliphatic heterocycles. The van der Waals surface area contributed by atoms with Gasteiger partial charge in [0.2, 0.25) is 10.0 Å². The van der Waals surface area contributed by atoms with E-state index >= 15 is 0 Å². The second-order valence-corrected chi connectivity index (χ2v) is 7.03. The molecule has 0 heterocycles. The first-order valence-corrected chi connectivity index (χ1v) is 8.27. The molecule has 0 spiro atoms. The Morgan fingerprint density at radius 1 is 1.26 bits per heavy atom. The van der Waals surface area contributed by atoms with Gasteiger partial charge in [0.1, 0.15) is 0 Å². The minimum atomic E-state index is -3.32. The summed E-state index contributed by atoms with van der Waals surface area (Å²) in [5, 5.41) is 3.22. The Kier molecular flexibility index (Phi) is 4.60. The number of rotatable bonds is 6. The van der Waals surface area contributed by atoms with Crippen molar-refractivity contribution in [3.63, 3.8) is 0 Å². The molecule has 0 unspecified atom stereocenters. The number of sulfonamides is 1. The van der Waals surface area contributed by atoms with Gasteiger partial charge in [-0.25, -0.2) is 8.42 Å². The number of benzene rings is 1. The second-order valence-electron chi connectivity index (χ2n) is 5.03. The third kappa shape index (κ3) is 3.16. The van der Waals surface area contributed by atoms with Crippen molar-refractivity contribution in [3.8, 4) is 0 Å². The molecule has 1 aliphatic rings. The van der Waals surface area contributed by atoms with E-state index in [9.17, 15) is 8.42 Å². The zero-order chi connectivity index (χ0) is 13.9. The molecule has 1 N–H and O–H groups in total. The normalized spacial score (nSPS) is 16.6. The Balaban J connectivity index is 2.11. The predicted octanol–water partition coefficient (Wildman–Crippen LogP) is 1.97. The van der Waals surface area contributed by atoms with E-state index in [4.69, 9.17) is 0 Å². The van der Waals surface area contributed by atoms with Crippen LogP contribution in [0.2, 0.25) is 0 Å². The molecule has 19 heavy (non-hydrogen) atoms. The average Bonchev–Trinajstić information content (AvgIpc) is 2.34. The Morgan fingerprint density at radius 2 is 1.89 bits per heavy atom. The molecule has 0 saturated heterocycles. The van der Waals surface area contributed by atoms with E-state index < -0.39 is 10.0 Å². The van der Waals surface area contributed by atoms with Gasteiger partial charge in [-0.3, -0.25) is 0 Å². The Labute approximate surface area is 115 Å². The topological polar surface area (TPSA) is 49.4 Å². The lowest BCUT2D eigenvalue weighted by molar-refractivity contribution is 0.249. The largest absolute Gasteiger partial charge is 0.313 e. The fourth-order valence-corrected chi connectivity index (χ4v) is 3.58. The van der Waals surface area contributed by atoms with Crippen LogP contribution in [0.4, 0.5) is 0 Å². The molecular formula is C14H22N2O2S. The van der Waals surface area contributed by atoms with E-state index in [2.05, 4.69) is 5.32 Å². The van der Waals surface area contributed by atoms with Gasteiger partial charge in [-0.05, 0) is 37.1 Å². The summed E-state index contributed by atoms with van der Waals surface area (Å²) < 4.78 is 26.3. The van der Waals surface area contributed by atoms with Crippen LogP contribution in [0.15, 0.2) is 29.2 Å². The van der Waals surface area contributed by atoms with Crippen LogP contribution in [0.5, 0.6) is 0 Å². The summed E-state index contributed by atoms with van der Waals surface area (Å²) in [5.74, 6) is 0. The number of nitrogens with zero attached hydrogens (tertiary/aromatic N) is 1. The van der Waals surface area contributed by atoms with Crippen molar-refractivity contribution in [2.75, 3.05) is 13.6 Å². The van der Waals surface area contributed by atoms with E-state index in [1.807, 2.05) is 19.1 Å². The van der Waals surface area contributed by atoms with Crippen molar-refractivity contribution < 1.29 is 8.42 Å². The number of nitrogens with one attached hydrogen (secondary N) is 1. The molecule has 4 nitrogen and oxygen atoms in total. The number of hydrogen-bond acceptors (Lipinski definition) is 3. The molecule has 1 saturated carbocycles. The highest BCUT2D eigenvalue weighted by molar-refractivity contribution is 7.89. The quantitative estimate of drug-likeness (QED) is 0.868. The molecular weight excluding hydrogens is 260 g/mol. The van der Waals surface area contributed by atoms with E-state index in [-0.39, 0.29) is 6.04 Å². The molecule has 0 bridgehead atoms. The lowest BCUT2D eigenvalue weighted by atomic mass is 9.94. The molecule has 1 fully saturated rings. The highest BCUT2D eigenvalue weighted by Gasteiger charge is 2.31. The summed E-state index contributed by atoms with van der Waals surface area (Å²) in [7, 11) is -1.64. The smallest absolute Gasteiger partial charge is 0.243 e. The summed E-state index contributed by atoms with van der Waals surface area (Å²) in [6.45, 7) is 3.73. The summed E-state index contributed by atoms with van der Waals surface area (Å²) in [5.41, 5.74) is 1.10. The zero-order valence-corrected chi connectivity index (χ0v) is 12.4. The monoisotopic (exact) mass is 282 g/mol. The maximum absolute atomic E-state index is 12.4. The third-order valence-electron chi connectivity index (χ3n) is 3.77. The summed E-state index contributed by atoms with van der Waals surface area (Å²) >= 11 is 0. The van der Waals surface area contributed by atoms with Crippen molar-refractivity contribution in [3.05, 3.63) is 29.8 Å². The lowest BCUT2D eigenvalue weighted by Gasteiger charge is -2.33. The Bertz CT molecular complexity index is 507. The highest BCUT2D eigenvalue weighted by atomic mass is 32.2. The van der Waals surface area contributed by atoms with Gasteiger partial charge in [0, 0.05) is 19.6 Å². The van der Waals surface area contributed by atoms with Crippen molar-refractivity contribution in [2.24, 2.45) is 0 Å². The van der Waals surface area contributed by atoms with Gasteiger partial charge < -0.3 is 5.32 Å². The van der Waals surface area contributed by atoms with Crippen LogP contribution in [0, 0.1) is 0 Å². The molecule has 1 aromatic rings. The molecule has 1 aliphatic carbocycles. The first-order chi connectivity index (χ1) is 9.05. The van der Waals surface area contributed by atoms with Gasteiger partial charge in [0.25, 0.3) is 0 Å². The fraction of sp³-hybridized carbons (Fsp3) is 0.571. The van der Waals surface area contributed by atoms with Crippen LogP contribution < -0.4 is 5.32 Å². The fourth-order valence-electron chi connectivity index (χ4n) is 2.16. The molecule has 0 aromatic heterocycles. The van der Waals surface area contributed by atoms with E-state index in [1.54, 1.807) is 19.2 Å². The minimum Gasteiger partial charge on any atom is -0.313 e. The first kappa shape index (κ1) is 14.5. The highest BCUT2D eigenvalue weighted by Crippen LogP contribution is 2.28. The van der Waals surface area contributed by atoms with Gasteiger partial charge in [-0.1, -0.05) is 25.5 Å². The van der Waals surface area contributed by atoms with Crippen molar-refractivity contribution in [1.82, 2.24) is 9.62 Å². The van der Waals surface area contributed by atoms with E-state index in [1.165, 1.54) is 4.31 Å². The van der Waals surface area contributed by atoms with Crippen molar-refractivity contribution >= 4 is 10.0 Å². The zero-order valence-electron chi connectivity index (χ0n) is 11.6. The predicted molar refractivity (Wildman–Crippen MR) is 76.4 cm³/mol. The molecule has 1 aromatic carbocycles.